The maximum absolute atomic E-state index is 13.7. The quantitative estimate of drug-likeness (QED) is 0.398. The van der Waals surface area contributed by atoms with Gasteiger partial charge in [-0.3, -0.25) is 13.9 Å². The molecule has 0 heterocycles. The highest BCUT2D eigenvalue weighted by molar-refractivity contribution is 7.92. The van der Waals surface area contributed by atoms with Crippen LogP contribution in [-0.4, -0.2) is 44.3 Å². The normalized spacial score (nSPS) is 12.0. The number of anilines is 1. The first-order chi connectivity index (χ1) is 17.2. The van der Waals surface area contributed by atoms with E-state index >= 15 is 0 Å². The Morgan fingerprint density at radius 1 is 0.944 bits per heavy atom. The summed E-state index contributed by atoms with van der Waals surface area (Å²) in [5, 5.41) is 3.32. The summed E-state index contributed by atoms with van der Waals surface area (Å²) in [5.41, 5.74) is 1.07. The third kappa shape index (κ3) is 6.86. The van der Waals surface area contributed by atoms with Gasteiger partial charge in [0, 0.05) is 18.1 Å². The van der Waals surface area contributed by atoms with E-state index in [1.54, 1.807) is 79.7 Å². The van der Waals surface area contributed by atoms with Crippen LogP contribution in [0.3, 0.4) is 0 Å². The lowest BCUT2D eigenvalue weighted by Crippen LogP contribution is -2.51. The number of amides is 2. The largest absolute Gasteiger partial charge is 0.354 e. The highest BCUT2D eigenvalue weighted by atomic mass is 35.5. The van der Waals surface area contributed by atoms with Gasteiger partial charge in [0.1, 0.15) is 12.6 Å². The lowest BCUT2D eigenvalue weighted by molar-refractivity contribution is -0.139. The molecular formula is C27H30ClN3O4S. The van der Waals surface area contributed by atoms with Crippen LogP contribution in [0, 0.1) is 0 Å². The van der Waals surface area contributed by atoms with Crippen LogP contribution < -0.4 is 9.62 Å². The zero-order valence-electron chi connectivity index (χ0n) is 20.3. The summed E-state index contributed by atoms with van der Waals surface area (Å²) in [5.74, 6) is -0.832. The maximum atomic E-state index is 13.7. The third-order valence-corrected chi connectivity index (χ3v) is 7.64. The Morgan fingerprint density at radius 3 is 2.19 bits per heavy atom. The first-order valence-corrected chi connectivity index (χ1v) is 13.5. The van der Waals surface area contributed by atoms with Crippen LogP contribution in [0.1, 0.15) is 25.8 Å². The molecule has 3 aromatic rings. The SMILES string of the molecule is CCCNC(=O)[C@@H](C)N(Cc1cccc(Cl)c1)C(=O)CN(c1ccccc1)S(=O)(=O)c1ccccc1. The van der Waals surface area contributed by atoms with E-state index in [1.165, 1.54) is 17.0 Å². The van der Waals surface area contributed by atoms with Crippen molar-refractivity contribution >= 4 is 39.1 Å². The van der Waals surface area contributed by atoms with Crippen molar-refractivity contribution in [2.75, 3.05) is 17.4 Å². The van der Waals surface area contributed by atoms with Crippen LogP contribution in [0.5, 0.6) is 0 Å². The molecule has 3 aromatic carbocycles. The molecule has 0 radical (unpaired) electrons. The Hall–Kier alpha value is -3.36. The van der Waals surface area contributed by atoms with Gasteiger partial charge >= 0.3 is 0 Å². The molecule has 1 atom stereocenters. The predicted molar refractivity (Wildman–Crippen MR) is 142 cm³/mol. The van der Waals surface area contributed by atoms with Crippen molar-refractivity contribution < 1.29 is 18.0 Å². The van der Waals surface area contributed by atoms with E-state index in [9.17, 15) is 18.0 Å². The number of halogens is 1. The number of rotatable bonds is 11. The fourth-order valence-corrected chi connectivity index (χ4v) is 5.30. The van der Waals surface area contributed by atoms with Crippen LogP contribution >= 0.6 is 11.6 Å². The Kier molecular flexibility index (Phi) is 9.50. The van der Waals surface area contributed by atoms with Crippen molar-refractivity contribution in [3.8, 4) is 0 Å². The zero-order chi connectivity index (χ0) is 26.1. The van der Waals surface area contributed by atoms with Gasteiger partial charge in [-0.1, -0.05) is 67.1 Å². The van der Waals surface area contributed by atoms with Crippen molar-refractivity contribution in [3.05, 3.63) is 95.5 Å². The molecule has 0 bridgehead atoms. The standard InChI is InChI=1S/C27H30ClN3O4S/c1-3-17-29-27(33)21(2)30(19-22-11-10-12-23(28)18-22)26(32)20-31(24-13-6-4-7-14-24)36(34,35)25-15-8-5-9-16-25/h4-16,18,21H,3,17,19-20H2,1-2H3,(H,29,33)/t21-/m1/s1. The minimum atomic E-state index is -4.06. The van der Waals surface area contributed by atoms with Crippen molar-refractivity contribution in [2.24, 2.45) is 0 Å². The van der Waals surface area contributed by atoms with Gasteiger partial charge in [0.15, 0.2) is 0 Å². The number of nitrogens with one attached hydrogen (secondary N) is 1. The summed E-state index contributed by atoms with van der Waals surface area (Å²) in [6.45, 7) is 3.65. The monoisotopic (exact) mass is 527 g/mol. The van der Waals surface area contributed by atoms with Crippen molar-refractivity contribution in [2.45, 2.75) is 37.8 Å². The maximum Gasteiger partial charge on any atom is 0.264 e. The average Bonchev–Trinajstić information content (AvgIpc) is 2.89. The minimum Gasteiger partial charge on any atom is -0.354 e. The van der Waals surface area contributed by atoms with Crippen LogP contribution in [0.15, 0.2) is 89.8 Å². The smallest absolute Gasteiger partial charge is 0.264 e. The summed E-state index contributed by atoms with van der Waals surface area (Å²) >= 11 is 6.14. The lowest BCUT2D eigenvalue weighted by Gasteiger charge is -2.32. The van der Waals surface area contributed by atoms with Crippen LogP contribution in [-0.2, 0) is 26.2 Å². The number of benzene rings is 3. The Bertz CT molecular complexity index is 1270. The molecular weight excluding hydrogens is 498 g/mol. The third-order valence-electron chi connectivity index (χ3n) is 5.61. The van der Waals surface area contributed by atoms with E-state index in [1.807, 2.05) is 6.92 Å². The number of para-hydroxylation sites is 1. The second kappa shape index (κ2) is 12.6. The molecule has 190 valence electrons. The van der Waals surface area contributed by atoms with E-state index < -0.39 is 28.5 Å². The highest BCUT2D eigenvalue weighted by Crippen LogP contribution is 2.24. The van der Waals surface area contributed by atoms with Gasteiger partial charge in [-0.15, -0.1) is 0 Å². The second-order valence-corrected chi connectivity index (χ2v) is 10.6. The van der Waals surface area contributed by atoms with Gasteiger partial charge in [-0.25, -0.2) is 8.42 Å². The lowest BCUT2D eigenvalue weighted by atomic mass is 10.1. The second-order valence-electron chi connectivity index (χ2n) is 8.28. The number of sulfonamides is 1. The molecule has 1 N–H and O–H groups in total. The Balaban J connectivity index is 1.98. The molecule has 0 saturated carbocycles. The fourth-order valence-electron chi connectivity index (χ4n) is 3.65. The molecule has 0 aromatic heterocycles. The van der Waals surface area contributed by atoms with Gasteiger partial charge in [-0.05, 0) is 55.3 Å². The zero-order valence-corrected chi connectivity index (χ0v) is 21.9. The molecule has 0 aliphatic rings. The predicted octanol–water partition coefficient (Wildman–Crippen LogP) is 4.48. The van der Waals surface area contributed by atoms with Gasteiger partial charge in [-0.2, -0.15) is 0 Å². The number of nitrogens with zero attached hydrogens (tertiary/aromatic N) is 2. The molecule has 3 rings (SSSR count). The van der Waals surface area contributed by atoms with Crippen LogP contribution in [0.25, 0.3) is 0 Å². The topological polar surface area (TPSA) is 86.8 Å². The van der Waals surface area contributed by atoms with Gasteiger partial charge in [0.05, 0.1) is 10.6 Å². The molecule has 0 unspecified atom stereocenters. The first kappa shape index (κ1) is 27.2. The molecule has 0 fully saturated rings. The summed E-state index contributed by atoms with van der Waals surface area (Å²) in [6.07, 6.45) is 0.748. The van der Waals surface area contributed by atoms with E-state index in [-0.39, 0.29) is 17.3 Å². The number of carbonyl (C=O) groups is 2. The molecule has 9 heteroatoms. The fraction of sp³-hybridized carbons (Fsp3) is 0.259. The first-order valence-electron chi connectivity index (χ1n) is 11.7. The van der Waals surface area contributed by atoms with Crippen molar-refractivity contribution in [3.63, 3.8) is 0 Å². The summed E-state index contributed by atoms with van der Waals surface area (Å²) in [7, 11) is -4.06. The van der Waals surface area contributed by atoms with E-state index in [0.29, 0.717) is 17.3 Å². The minimum absolute atomic E-state index is 0.0665. The molecule has 0 saturated heterocycles. The Labute approximate surface area is 217 Å². The van der Waals surface area contributed by atoms with Gasteiger partial charge in [0.25, 0.3) is 10.0 Å². The Morgan fingerprint density at radius 2 is 1.58 bits per heavy atom. The number of hydrogen-bond acceptors (Lipinski definition) is 4. The molecule has 36 heavy (non-hydrogen) atoms. The molecule has 2 amide bonds. The molecule has 0 aliphatic heterocycles. The molecule has 0 aliphatic carbocycles. The average molecular weight is 528 g/mol. The summed E-state index contributed by atoms with van der Waals surface area (Å²) in [6, 6.07) is 22.6. The van der Waals surface area contributed by atoms with Crippen LogP contribution in [0.4, 0.5) is 5.69 Å². The molecule has 0 spiro atoms. The van der Waals surface area contributed by atoms with Gasteiger partial charge < -0.3 is 10.2 Å². The number of hydrogen-bond donors (Lipinski definition) is 1. The van der Waals surface area contributed by atoms with E-state index in [4.69, 9.17) is 11.6 Å². The van der Waals surface area contributed by atoms with Crippen LogP contribution in [0.2, 0.25) is 5.02 Å². The van der Waals surface area contributed by atoms with E-state index in [2.05, 4.69) is 5.32 Å². The van der Waals surface area contributed by atoms with Crippen molar-refractivity contribution in [1.29, 1.82) is 0 Å². The highest BCUT2D eigenvalue weighted by Gasteiger charge is 2.32. The number of carbonyl (C=O) groups excluding carboxylic acids is 2. The molecule has 7 nitrogen and oxygen atoms in total. The summed E-state index contributed by atoms with van der Waals surface area (Å²) < 4.78 is 28.3. The van der Waals surface area contributed by atoms with E-state index in [0.717, 1.165) is 16.3 Å². The summed E-state index contributed by atoms with van der Waals surface area (Å²) in [4.78, 5) is 28.0. The van der Waals surface area contributed by atoms with Gasteiger partial charge in [0.2, 0.25) is 11.8 Å². The van der Waals surface area contributed by atoms with Crippen molar-refractivity contribution in [1.82, 2.24) is 10.2 Å².